The number of para-hydroxylation sites is 2. The molecule has 6 heteroatoms. The molecule has 0 atom stereocenters. The minimum atomic E-state index is -0.536. The van der Waals surface area contributed by atoms with Crippen LogP contribution >= 0.6 is 0 Å². The van der Waals surface area contributed by atoms with Gasteiger partial charge in [0.15, 0.2) is 0 Å². The zero-order valence-corrected chi connectivity index (χ0v) is 15.9. The van der Waals surface area contributed by atoms with Crippen molar-refractivity contribution in [1.82, 2.24) is 9.97 Å². The Bertz CT molecular complexity index is 1220. The van der Waals surface area contributed by atoms with Gasteiger partial charge in [0.05, 0.1) is 22.9 Å². The van der Waals surface area contributed by atoms with Crippen molar-refractivity contribution >= 4 is 34.7 Å². The van der Waals surface area contributed by atoms with E-state index in [0.717, 1.165) is 11.0 Å². The Morgan fingerprint density at radius 1 is 0.833 bits per heavy atom. The highest BCUT2D eigenvalue weighted by Gasteiger charge is 2.06. The number of benzene rings is 3. The zero-order valence-electron chi connectivity index (χ0n) is 15.9. The summed E-state index contributed by atoms with van der Waals surface area (Å²) in [6.07, 6.45) is 4.44. The van der Waals surface area contributed by atoms with E-state index in [1.165, 1.54) is 6.08 Å². The molecule has 146 valence electrons. The Morgan fingerprint density at radius 2 is 1.53 bits per heavy atom. The lowest BCUT2D eigenvalue weighted by molar-refractivity contribution is -0.128. The maximum absolute atomic E-state index is 12.2. The molecule has 0 saturated heterocycles. The summed E-state index contributed by atoms with van der Waals surface area (Å²) in [5, 5.41) is 2.79. The molecule has 1 heterocycles. The average molecular weight is 395 g/mol. The first-order chi connectivity index (χ1) is 14.7. The third-order valence-corrected chi connectivity index (χ3v) is 4.22. The van der Waals surface area contributed by atoms with Gasteiger partial charge in [0.2, 0.25) is 0 Å². The van der Waals surface area contributed by atoms with Crippen LogP contribution in [0, 0.1) is 0 Å². The second-order valence-corrected chi connectivity index (χ2v) is 6.38. The van der Waals surface area contributed by atoms with Crippen molar-refractivity contribution in [1.29, 1.82) is 0 Å². The summed E-state index contributed by atoms with van der Waals surface area (Å²) in [6.45, 7) is 0. The van der Waals surface area contributed by atoms with Crippen LogP contribution in [0.1, 0.15) is 16.1 Å². The summed E-state index contributed by atoms with van der Waals surface area (Å²) >= 11 is 0. The van der Waals surface area contributed by atoms with Gasteiger partial charge in [0.1, 0.15) is 5.75 Å². The summed E-state index contributed by atoms with van der Waals surface area (Å²) in [6, 6.07) is 23.0. The van der Waals surface area contributed by atoms with Crippen LogP contribution in [0.25, 0.3) is 17.1 Å². The van der Waals surface area contributed by atoms with Gasteiger partial charge in [-0.2, -0.15) is 0 Å². The highest BCUT2D eigenvalue weighted by molar-refractivity contribution is 6.04. The second kappa shape index (κ2) is 8.79. The summed E-state index contributed by atoms with van der Waals surface area (Å²) in [4.78, 5) is 33.0. The molecule has 0 aliphatic rings. The fraction of sp³-hybridized carbons (Fsp3) is 0. The van der Waals surface area contributed by atoms with Crippen molar-refractivity contribution < 1.29 is 14.3 Å². The monoisotopic (exact) mass is 395 g/mol. The van der Waals surface area contributed by atoms with Crippen LogP contribution in [0.15, 0.2) is 91.1 Å². The first kappa shape index (κ1) is 19.0. The summed E-state index contributed by atoms with van der Waals surface area (Å²) in [5.41, 5.74) is 3.27. The molecule has 1 amide bonds. The smallest absolute Gasteiger partial charge is 0.336 e. The zero-order chi connectivity index (χ0) is 20.8. The van der Waals surface area contributed by atoms with Crippen molar-refractivity contribution in [3.05, 3.63) is 102 Å². The highest BCUT2D eigenvalue weighted by atomic mass is 16.5. The van der Waals surface area contributed by atoms with E-state index in [2.05, 4.69) is 15.3 Å². The Morgan fingerprint density at radius 3 is 2.30 bits per heavy atom. The Kier molecular flexibility index (Phi) is 5.57. The first-order valence-electron chi connectivity index (χ1n) is 9.25. The minimum Gasteiger partial charge on any atom is -0.423 e. The lowest BCUT2D eigenvalue weighted by Crippen LogP contribution is -2.11. The van der Waals surface area contributed by atoms with Crippen molar-refractivity contribution in [2.45, 2.75) is 0 Å². The van der Waals surface area contributed by atoms with Crippen LogP contribution in [-0.4, -0.2) is 21.8 Å². The molecule has 0 radical (unpaired) electrons. The molecule has 0 unspecified atom stereocenters. The van der Waals surface area contributed by atoms with E-state index in [1.54, 1.807) is 60.8 Å². The number of fused-ring (bicyclic) bond motifs is 1. The molecular formula is C24H17N3O3. The van der Waals surface area contributed by atoms with E-state index in [4.69, 9.17) is 4.74 Å². The van der Waals surface area contributed by atoms with Gasteiger partial charge in [0.25, 0.3) is 5.91 Å². The minimum absolute atomic E-state index is 0.209. The molecule has 0 bridgehead atoms. The number of anilines is 1. The number of amides is 1. The number of carbonyl (C=O) groups is 2. The Hall–Kier alpha value is -4.32. The van der Waals surface area contributed by atoms with E-state index in [-0.39, 0.29) is 5.91 Å². The van der Waals surface area contributed by atoms with Gasteiger partial charge in [-0.05, 0) is 54.6 Å². The number of carbonyl (C=O) groups excluding carboxylic acids is 2. The number of aromatic nitrogens is 2. The summed E-state index contributed by atoms with van der Waals surface area (Å²) < 4.78 is 5.28. The number of ether oxygens (including phenoxy) is 1. The van der Waals surface area contributed by atoms with E-state index in [1.807, 2.05) is 30.3 Å². The molecule has 4 aromatic rings. The molecule has 0 saturated carbocycles. The molecule has 0 aliphatic heterocycles. The third-order valence-electron chi connectivity index (χ3n) is 4.22. The topological polar surface area (TPSA) is 81.2 Å². The van der Waals surface area contributed by atoms with Gasteiger partial charge in [-0.25, -0.2) is 9.78 Å². The van der Waals surface area contributed by atoms with Crippen molar-refractivity contribution in [3.8, 4) is 5.75 Å². The molecule has 1 aromatic heterocycles. The van der Waals surface area contributed by atoms with Crippen molar-refractivity contribution in [2.75, 3.05) is 5.32 Å². The fourth-order valence-corrected chi connectivity index (χ4v) is 2.75. The van der Waals surface area contributed by atoms with Gasteiger partial charge in [-0.1, -0.05) is 30.3 Å². The molecular weight excluding hydrogens is 378 g/mol. The molecule has 1 N–H and O–H groups in total. The maximum Gasteiger partial charge on any atom is 0.336 e. The number of hydrogen-bond donors (Lipinski definition) is 1. The lowest BCUT2D eigenvalue weighted by Gasteiger charge is -2.06. The fourth-order valence-electron chi connectivity index (χ4n) is 2.75. The predicted octanol–water partition coefficient (Wildman–Crippen LogP) is 4.50. The molecule has 0 spiro atoms. The molecule has 30 heavy (non-hydrogen) atoms. The number of nitrogens with zero attached hydrogens (tertiary/aromatic N) is 2. The first-order valence-corrected chi connectivity index (χ1v) is 9.25. The quantitative estimate of drug-likeness (QED) is 0.306. The Balaban J connectivity index is 1.36. The van der Waals surface area contributed by atoms with Crippen LogP contribution in [-0.2, 0) is 4.79 Å². The number of hydrogen-bond acceptors (Lipinski definition) is 5. The molecule has 3 aromatic carbocycles. The van der Waals surface area contributed by atoms with Crippen LogP contribution < -0.4 is 10.1 Å². The van der Waals surface area contributed by atoms with Crippen molar-refractivity contribution in [2.24, 2.45) is 0 Å². The van der Waals surface area contributed by atoms with Crippen LogP contribution in [0.3, 0.4) is 0 Å². The van der Waals surface area contributed by atoms with E-state index in [9.17, 15) is 9.59 Å². The largest absolute Gasteiger partial charge is 0.423 e. The van der Waals surface area contributed by atoms with E-state index in [0.29, 0.717) is 22.7 Å². The second-order valence-electron chi connectivity index (χ2n) is 6.38. The van der Waals surface area contributed by atoms with Gasteiger partial charge in [-0.3, -0.25) is 9.78 Å². The molecule has 0 fully saturated rings. The Labute approximate surface area is 172 Å². The van der Waals surface area contributed by atoms with Crippen molar-refractivity contribution in [3.63, 3.8) is 0 Å². The summed E-state index contributed by atoms with van der Waals surface area (Å²) in [5.74, 6) is -0.377. The third kappa shape index (κ3) is 4.74. The number of esters is 1. The maximum atomic E-state index is 12.2. The van der Waals surface area contributed by atoms with Gasteiger partial charge in [0, 0.05) is 17.3 Å². The van der Waals surface area contributed by atoms with Crippen LogP contribution in [0.2, 0.25) is 0 Å². The van der Waals surface area contributed by atoms with Gasteiger partial charge >= 0.3 is 5.97 Å². The lowest BCUT2D eigenvalue weighted by atomic mass is 10.2. The number of nitrogens with one attached hydrogen (secondary N) is 1. The van der Waals surface area contributed by atoms with Gasteiger partial charge < -0.3 is 10.1 Å². The SMILES string of the molecule is O=C(/C=C/c1cnc2ccccc2n1)Oc1ccc(NC(=O)c2ccccc2)cc1. The van der Waals surface area contributed by atoms with Gasteiger partial charge in [-0.15, -0.1) is 0 Å². The standard InChI is InChI=1S/C24H17N3O3/c28-23(15-12-19-16-25-21-8-4-5-9-22(21)26-19)30-20-13-10-18(11-14-20)27-24(29)17-6-2-1-3-7-17/h1-16H,(H,27,29)/b15-12+. The van der Waals surface area contributed by atoms with E-state index >= 15 is 0 Å². The van der Waals surface area contributed by atoms with Crippen LogP contribution in [0.4, 0.5) is 5.69 Å². The summed E-state index contributed by atoms with van der Waals surface area (Å²) in [7, 11) is 0. The molecule has 0 aliphatic carbocycles. The molecule has 6 nitrogen and oxygen atoms in total. The predicted molar refractivity (Wildman–Crippen MR) is 115 cm³/mol. The van der Waals surface area contributed by atoms with E-state index < -0.39 is 5.97 Å². The van der Waals surface area contributed by atoms with Crippen LogP contribution in [0.5, 0.6) is 5.75 Å². The number of rotatable bonds is 5. The normalized spacial score (nSPS) is 10.8. The highest BCUT2D eigenvalue weighted by Crippen LogP contribution is 2.17. The molecule has 4 rings (SSSR count). The average Bonchev–Trinajstić information content (AvgIpc) is 2.79.